The van der Waals surface area contributed by atoms with Gasteiger partial charge < -0.3 is 19.9 Å². The highest BCUT2D eigenvalue weighted by Gasteiger charge is 2.28. The van der Waals surface area contributed by atoms with Crippen molar-refractivity contribution in [3.05, 3.63) is 31.0 Å². The first-order valence-corrected chi connectivity index (χ1v) is 10.7. The van der Waals surface area contributed by atoms with E-state index in [1.807, 2.05) is 37.1 Å². The third-order valence-electron chi connectivity index (χ3n) is 6.10. The summed E-state index contributed by atoms with van der Waals surface area (Å²) in [4.78, 5) is 35.1. The number of ether oxygens (including phenoxy) is 1. The van der Waals surface area contributed by atoms with Gasteiger partial charge in [-0.3, -0.25) is 9.20 Å². The van der Waals surface area contributed by atoms with Crippen LogP contribution < -0.4 is 10.1 Å². The number of fused-ring (bicyclic) bond motifs is 2. The number of nitrogens with one attached hydrogen (secondary N) is 2. The number of rotatable bonds is 5. The van der Waals surface area contributed by atoms with Crippen LogP contribution in [0, 0.1) is 5.92 Å². The highest BCUT2D eigenvalue weighted by Crippen LogP contribution is 2.34. The zero-order chi connectivity index (χ0) is 22.2. The third kappa shape index (κ3) is 3.61. The van der Waals surface area contributed by atoms with Gasteiger partial charge in [0.1, 0.15) is 5.65 Å². The van der Waals surface area contributed by atoms with Crippen LogP contribution in [0.2, 0.25) is 0 Å². The zero-order valence-corrected chi connectivity index (χ0v) is 18.4. The number of aromatic nitrogens is 6. The van der Waals surface area contributed by atoms with Gasteiger partial charge in [-0.15, -0.1) is 0 Å². The van der Waals surface area contributed by atoms with E-state index in [0.29, 0.717) is 23.3 Å². The molecular weight excluding hydrogens is 408 g/mol. The number of carbonyl (C=O) groups is 1. The Hall–Kier alpha value is -3.69. The maximum Gasteiger partial charge on any atom is 0.233 e. The average Bonchev–Trinajstić information content (AvgIpc) is 3.45. The highest BCUT2D eigenvalue weighted by molar-refractivity contribution is 5.97. The predicted octanol–water partition coefficient (Wildman–Crippen LogP) is 2.74. The van der Waals surface area contributed by atoms with Gasteiger partial charge in [0.05, 0.1) is 12.5 Å². The normalized spacial score (nSPS) is 18.7. The first-order chi connectivity index (χ1) is 15.5. The lowest BCUT2D eigenvalue weighted by Gasteiger charge is -2.29. The summed E-state index contributed by atoms with van der Waals surface area (Å²) >= 11 is 0. The summed E-state index contributed by atoms with van der Waals surface area (Å²) in [7, 11) is 5.24. The van der Waals surface area contributed by atoms with Gasteiger partial charge in [-0.1, -0.05) is 0 Å². The van der Waals surface area contributed by atoms with E-state index in [2.05, 4.69) is 30.2 Å². The molecule has 0 spiro atoms. The van der Waals surface area contributed by atoms with E-state index in [1.54, 1.807) is 24.4 Å². The molecule has 0 atom stereocenters. The minimum absolute atomic E-state index is 0.105. The van der Waals surface area contributed by atoms with Gasteiger partial charge in [0.2, 0.25) is 23.5 Å². The molecule has 0 unspecified atom stereocenters. The van der Waals surface area contributed by atoms with E-state index in [0.717, 1.165) is 42.2 Å². The fourth-order valence-corrected chi connectivity index (χ4v) is 4.43. The highest BCUT2D eigenvalue weighted by atomic mass is 16.5. The summed E-state index contributed by atoms with van der Waals surface area (Å²) in [6, 6.07) is 0.227. The van der Waals surface area contributed by atoms with Crippen LogP contribution in [0.5, 0.6) is 5.88 Å². The molecule has 4 aromatic rings. The van der Waals surface area contributed by atoms with E-state index in [9.17, 15) is 4.79 Å². The van der Waals surface area contributed by atoms with Gasteiger partial charge in [0, 0.05) is 68.2 Å². The summed E-state index contributed by atoms with van der Waals surface area (Å²) in [6.45, 7) is 0. The van der Waals surface area contributed by atoms with Crippen molar-refractivity contribution in [2.45, 2.75) is 31.7 Å². The number of amides is 1. The van der Waals surface area contributed by atoms with Crippen molar-refractivity contribution in [1.82, 2.24) is 34.2 Å². The molecule has 10 heteroatoms. The predicted molar refractivity (Wildman–Crippen MR) is 120 cm³/mol. The molecule has 166 valence electrons. The Kier molecular flexibility index (Phi) is 5.12. The molecule has 10 nitrogen and oxygen atoms in total. The number of imidazole rings is 1. The van der Waals surface area contributed by atoms with Gasteiger partial charge in [0.15, 0.2) is 0 Å². The molecule has 32 heavy (non-hydrogen) atoms. The Balaban J connectivity index is 1.39. The fraction of sp³-hybridized carbons (Fsp3) is 0.409. The molecule has 1 saturated carbocycles. The number of carbonyl (C=O) groups excluding carboxylic acids is 1. The number of nitrogens with zero attached hydrogens (tertiary/aromatic N) is 6. The lowest BCUT2D eigenvalue weighted by Crippen LogP contribution is -2.35. The van der Waals surface area contributed by atoms with Crippen molar-refractivity contribution < 1.29 is 9.53 Å². The standard InChI is InChI=1S/C22H26N8O2/c1-29(2)20(31)13-4-6-15(7-5-13)26-21-27-18-17(19(28-21)32-3)16(11-24-18)14-10-25-22-23-8-9-30(22)12-14/h8-13,15H,4-7H2,1-3H3,(H2,24,26,27,28)/t13-,15+. The van der Waals surface area contributed by atoms with E-state index in [-0.39, 0.29) is 17.9 Å². The summed E-state index contributed by atoms with van der Waals surface area (Å²) < 4.78 is 7.49. The SMILES string of the molecule is COc1nc(N[C@H]2CC[C@@H](C(=O)N(C)C)CC2)nc2[nH]cc(-c3cnc4nccn4c3)c12. The molecule has 1 aliphatic carbocycles. The molecular formula is C22H26N8O2. The lowest BCUT2D eigenvalue weighted by atomic mass is 9.85. The van der Waals surface area contributed by atoms with Crippen LogP contribution in [0.3, 0.4) is 0 Å². The third-order valence-corrected chi connectivity index (χ3v) is 6.10. The smallest absolute Gasteiger partial charge is 0.233 e. The van der Waals surface area contributed by atoms with Crippen LogP contribution in [-0.2, 0) is 4.79 Å². The zero-order valence-electron chi connectivity index (χ0n) is 18.4. The second kappa shape index (κ2) is 8.10. The molecule has 0 saturated heterocycles. The minimum atomic E-state index is 0.105. The molecule has 0 aliphatic heterocycles. The van der Waals surface area contributed by atoms with Crippen molar-refractivity contribution >= 4 is 28.7 Å². The first kappa shape index (κ1) is 20.2. The molecule has 1 amide bonds. The van der Waals surface area contributed by atoms with Crippen LogP contribution in [0.1, 0.15) is 25.7 Å². The van der Waals surface area contributed by atoms with Gasteiger partial charge in [-0.05, 0) is 25.7 Å². The molecule has 0 radical (unpaired) electrons. The molecule has 0 aromatic carbocycles. The Morgan fingerprint density at radius 3 is 2.78 bits per heavy atom. The van der Waals surface area contributed by atoms with Crippen LogP contribution in [0.25, 0.3) is 27.9 Å². The number of aromatic amines is 1. The van der Waals surface area contributed by atoms with Crippen molar-refractivity contribution in [1.29, 1.82) is 0 Å². The monoisotopic (exact) mass is 434 g/mol. The van der Waals surface area contributed by atoms with Crippen LogP contribution in [-0.4, -0.2) is 67.4 Å². The second-order valence-corrected chi connectivity index (χ2v) is 8.39. The largest absolute Gasteiger partial charge is 0.480 e. The lowest BCUT2D eigenvalue weighted by molar-refractivity contribution is -0.133. The Bertz CT molecular complexity index is 1270. The van der Waals surface area contributed by atoms with Crippen molar-refractivity contribution in [3.63, 3.8) is 0 Å². The van der Waals surface area contributed by atoms with Crippen molar-refractivity contribution in [2.75, 3.05) is 26.5 Å². The van der Waals surface area contributed by atoms with Crippen LogP contribution >= 0.6 is 0 Å². The van der Waals surface area contributed by atoms with Gasteiger partial charge in [-0.2, -0.15) is 9.97 Å². The average molecular weight is 435 g/mol. The van der Waals surface area contributed by atoms with E-state index in [1.165, 1.54) is 0 Å². The maximum absolute atomic E-state index is 12.2. The molecule has 1 aliphatic rings. The van der Waals surface area contributed by atoms with Crippen LogP contribution in [0.4, 0.5) is 5.95 Å². The fourth-order valence-electron chi connectivity index (χ4n) is 4.43. The minimum Gasteiger partial charge on any atom is -0.480 e. The summed E-state index contributed by atoms with van der Waals surface area (Å²) in [5.41, 5.74) is 2.51. The Morgan fingerprint density at radius 1 is 1.22 bits per heavy atom. The summed E-state index contributed by atoms with van der Waals surface area (Å²) in [5, 5.41) is 4.24. The van der Waals surface area contributed by atoms with Crippen molar-refractivity contribution in [2.24, 2.45) is 5.92 Å². The summed E-state index contributed by atoms with van der Waals surface area (Å²) in [5.74, 6) is 1.98. The molecule has 4 heterocycles. The number of H-pyrrole nitrogens is 1. The van der Waals surface area contributed by atoms with E-state index in [4.69, 9.17) is 4.74 Å². The van der Waals surface area contributed by atoms with Gasteiger partial charge in [-0.25, -0.2) is 9.97 Å². The quantitative estimate of drug-likeness (QED) is 0.496. The maximum atomic E-state index is 12.2. The molecule has 2 N–H and O–H groups in total. The van der Waals surface area contributed by atoms with Gasteiger partial charge >= 0.3 is 0 Å². The number of hydrogen-bond donors (Lipinski definition) is 2. The van der Waals surface area contributed by atoms with E-state index < -0.39 is 0 Å². The number of methoxy groups -OCH3 is 1. The van der Waals surface area contributed by atoms with E-state index >= 15 is 0 Å². The summed E-state index contributed by atoms with van der Waals surface area (Å²) in [6.07, 6.45) is 12.8. The van der Waals surface area contributed by atoms with Gasteiger partial charge in [0.25, 0.3) is 0 Å². The second-order valence-electron chi connectivity index (χ2n) is 8.39. The molecule has 0 bridgehead atoms. The van der Waals surface area contributed by atoms with Crippen molar-refractivity contribution in [3.8, 4) is 17.0 Å². The number of hydrogen-bond acceptors (Lipinski definition) is 7. The molecule has 5 rings (SSSR count). The Morgan fingerprint density at radius 2 is 2.03 bits per heavy atom. The first-order valence-electron chi connectivity index (χ1n) is 10.7. The molecule has 1 fully saturated rings. The molecule has 4 aromatic heterocycles. The number of anilines is 1. The van der Waals surface area contributed by atoms with Crippen LogP contribution in [0.15, 0.2) is 31.0 Å². The topological polar surface area (TPSA) is 113 Å². The Labute approximate surface area is 185 Å².